The summed E-state index contributed by atoms with van der Waals surface area (Å²) < 4.78 is 33.8. The summed E-state index contributed by atoms with van der Waals surface area (Å²) in [5.41, 5.74) is 0.161. The molecule has 0 aliphatic carbocycles. The first kappa shape index (κ1) is 21.1. The molecule has 148 valence electrons. The van der Waals surface area contributed by atoms with E-state index >= 15 is 0 Å². The van der Waals surface area contributed by atoms with Gasteiger partial charge in [0.1, 0.15) is 0 Å². The molecule has 1 N–H and O–H groups in total. The molecule has 0 heterocycles. The molecular formula is C19H19NO7S. The summed E-state index contributed by atoms with van der Waals surface area (Å²) in [6.07, 6.45) is -0.333. The number of methoxy groups -OCH3 is 2. The number of hydrogen-bond acceptors (Lipinski definition) is 7. The third-order valence-corrected chi connectivity index (χ3v) is 5.55. The van der Waals surface area contributed by atoms with E-state index in [2.05, 4.69) is 14.8 Å². The lowest BCUT2D eigenvalue weighted by Crippen LogP contribution is -2.19. The van der Waals surface area contributed by atoms with E-state index < -0.39 is 33.4 Å². The average molecular weight is 405 g/mol. The number of anilines is 1. The van der Waals surface area contributed by atoms with Gasteiger partial charge in [0.25, 0.3) is 0 Å². The minimum atomic E-state index is -3.63. The summed E-state index contributed by atoms with van der Waals surface area (Å²) in [5.74, 6) is -2.42. The van der Waals surface area contributed by atoms with E-state index in [0.29, 0.717) is 0 Å². The highest BCUT2D eigenvalue weighted by molar-refractivity contribution is 7.91. The van der Waals surface area contributed by atoms with E-state index in [-0.39, 0.29) is 28.1 Å². The van der Waals surface area contributed by atoms with Crippen LogP contribution in [0.15, 0.2) is 53.4 Å². The molecule has 0 aliphatic heterocycles. The zero-order valence-electron chi connectivity index (χ0n) is 15.3. The molecule has 8 nitrogen and oxygen atoms in total. The van der Waals surface area contributed by atoms with Gasteiger partial charge in [-0.1, -0.05) is 18.2 Å². The summed E-state index contributed by atoms with van der Waals surface area (Å²) >= 11 is 0. The van der Waals surface area contributed by atoms with Gasteiger partial charge >= 0.3 is 11.9 Å². The van der Waals surface area contributed by atoms with Gasteiger partial charge in [-0.15, -0.1) is 0 Å². The number of esters is 2. The number of hydrogen-bond donors (Lipinski definition) is 1. The van der Waals surface area contributed by atoms with Crippen LogP contribution in [0.1, 0.15) is 27.1 Å². The summed E-state index contributed by atoms with van der Waals surface area (Å²) in [6, 6.07) is 11.7. The molecule has 9 heteroatoms. The molecular weight excluding hydrogens is 386 g/mol. The highest BCUT2D eigenvalue weighted by atomic mass is 32.2. The monoisotopic (exact) mass is 405 g/mol. The summed E-state index contributed by atoms with van der Waals surface area (Å²) in [6.45, 7) is 0. The van der Waals surface area contributed by atoms with E-state index in [1.165, 1.54) is 44.6 Å². The molecule has 2 aromatic rings. The summed E-state index contributed by atoms with van der Waals surface area (Å²) in [5, 5.41) is 2.46. The largest absolute Gasteiger partial charge is 0.465 e. The van der Waals surface area contributed by atoms with E-state index in [4.69, 9.17) is 0 Å². The Hall–Kier alpha value is -3.20. The maximum absolute atomic E-state index is 12.3. The maximum atomic E-state index is 12.3. The van der Waals surface area contributed by atoms with Gasteiger partial charge in [-0.2, -0.15) is 0 Å². The number of benzene rings is 2. The van der Waals surface area contributed by atoms with E-state index in [0.717, 1.165) is 0 Å². The predicted molar refractivity (Wildman–Crippen MR) is 101 cm³/mol. The van der Waals surface area contributed by atoms with Crippen molar-refractivity contribution in [3.8, 4) is 0 Å². The topological polar surface area (TPSA) is 116 Å². The van der Waals surface area contributed by atoms with Crippen LogP contribution in [0.5, 0.6) is 0 Å². The second-order valence-electron chi connectivity index (χ2n) is 5.67. The van der Waals surface area contributed by atoms with Crippen molar-refractivity contribution in [1.29, 1.82) is 0 Å². The van der Waals surface area contributed by atoms with Crippen molar-refractivity contribution in [3.05, 3.63) is 59.7 Å². The molecule has 0 saturated heterocycles. The molecule has 2 aromatic carbocycles. The van der Waals surface area contributed by atoms with Crippen LogP contribution >= 0.6 is 0 Å². The van der Waals surface area contributed by atoms with Crippen LogP contribution in [0.3, 0.4) is 0 Å². The Morgan fingerprint density at radius 2 is 1.57 bits per heavy atom. The first-order valence-corrected chi connectivity index (χ1v) is 9.82. The van der Waals surface area contributed by atoms with Crippen molar-refractivity contribution >= 4 is 33.4 Å². The van der Waals surface area contributed by atoms with E-state index in [1.54, 1.807) is 18.2 Å². The quantitative estimate of drug-likeness (QED) is 0.701. The second-order valence-corrected chi connectivity index (χ2v) is 7.78. The minimum Gasteiger partial charge on any atom is -0.465 e. The Labute approximate surface area is 162 Å². The van der Waals surface area contributed by atoms with Gasteiger partial charge in [-0.3, -0.25) is 4.79 Å². The number of ether oxygens (including phenoxy) is 2. The molecule has 1 amide bonds. The van der Waals surface area contributed by atoms with Crippen LogP contribution in [0.25, 0.3) is 0 Å². The third-order valence-electron chi connectivity index (χ3n) is 3.82. The van der Waals surface area contributed by atoms with Crippen molar-refractivity contribution in [2.75, 3.05) is 25.3 Å². The van der Waals surface area contributed by atoms with Gasteiger partial charge in [-0.05, 0) is 30.3 Å². The van der Waals surface area contributed by atoms with Gasteiger partial charge < -0.3 is 14.8 Å². The molecule has 0 spiro atoms. The zero-order chi connectivity index (χ0) is 20.7. The SMILES string of the molecule is COC(=O)c1ccc(C(=O)OC)c(NC(=O)CCS(=O)(=O)c2ccccc2)c1. The Morgan fingerprint density at radius 1 is 0.929 bits per heavy atom. The normalized spacial score (nSPS) is 10.8. The first-order chi connectivity index (χ1) is 13.3. The molecule has 2 rings (SSSR count). The molecule has 0 atom stereocenters. The third kappa shape index (κ3) is 5.17. The predicted octanol–water partition coefficient (Wildman–Crippen LogP) is 2.06. The average Bonchev–Trinajstić information content (AvgIpc) is 2.71. The number of nitrogens with one attached hydrogen (secondary N) is 1. The molecule has 0 aromatic heterocycles. The van der Waals surface area contributed by atoms with Gasteiger partial charge in [0.2, 0.25) is 5.91 Å². The van der Waals surface area contributed by atoms with Crippen LogP contribution in [0, 0.1) is 0 Å². The van der Waals surface area contributed by atoms with Crippen LogP contribution in [0.2, 0.25) is 0 Å². The Morgan fingerprint density at radius 3 is 2.18 bits per heavy atom. The smallest absolute Gasteiger partial charge is 0.339 e. The van der Waals surface area contributed by atoms with Crippen LogP contribution < -0.4 is 5.32 Å². The van der Waals surface area contributed by atoms with Crippen molar-refractivity contribution in [2.45, 2.75) is 11.3 Å². The van der Waals surface area contributed by atoms with Gasteiger partial charge in [0.05, 0.1) is 41.7 Å². The zero-order valence-corrected chi connectivity index (χ0v) is 16.1. The Balaban J connectivity index is 2.18. The number of amides is 1. The van der Waals surface area contributed by atoms with E-state index in [1.807, 2.05) is 0 Å². The fourth-order valence-corrected chi connectivity index (χ4v) is 3.63. The summed E-state index contributed by atoms with van der Waals surface area (Å²) in [7, 11) is -1.26. The van der Waals surface area contributed by atoms with Crippen LogP contribution in [0.4, 0.5) is 5.69 Å². The van der Waals surface area contributed by atoms with Crippen molar-refractivity contribution in [2.24, 2.45) is 0 Å². The first-order valence-electron chi connectivity index (χ1n) is 8.17. The Bertz CT molecular complexity index is 985. The molecule has 0 bridgehead atoms. The van der Waals surface area contributed by atoms with Crippen molar-refractivity contribution in [3.63, 3.8) is 0 Å². The standard InChI is InChI=1S/C19H19NO7S/c1-26-18(22)13-8-9-15(19(23)27-2)16(12-13)20-17(21)10-11-28(24,25)14-6-4-3-5-7-14/h3-9,12H,10-11H2,1-2H3,(H,20,21). The fourth-order valence-electron chi connectivity index (χ4n) is 2.37. The van der Waals surface area contributed by atoms with Crippen LogP contribution in [-0.2, 0) is 24.1 Å². The lowest BCUT2D eigenvalue weighted by molar-refractivity contribution is -0.115. The van der Waals surface area contributed by atoms with Gasteiger partial charge in [-0.25, -0.2) is 18.0 Å². The maximum Gasteiger partial charge on any atom is 0.339 e. The molecule has 0 aliphatic rings. The molecule has 0 saturated carbocycles. The van der Waals surface area contributed by atoms with Crippen molar-refractivity contribution < 1.29 is 32.3 Å². The number of rotatable bonds is 7. The Kier molecular flexibility index (Phi) is 6.89. The number of carbonyl (C=O) groups excluding carboxylic acids is 3. The second kappa shape index (κ2) is 9.14. The lowest BCUT2D eigenvalue weighted by atomic mass is 10.1. The van der Waals surface area contributed by atoms with Crippen molar-refractivity contribution in [1.82, 2.24) is 0 Å². The van der Waals surface area contributed by atoms with Gasteiger partial charge in [0.15, 0.2) is 9.84 Å². The molecule has 0 radical (unpaired) electrons. The minimum absolute atomic E-state index is 0.0226. The molecule has 28 heavy (non-hydrogen) atoms. The highest BCUT2D eigenvalue weighted by Gasteiger charge is 2.20. The molecule has 0 unspecified atom stereocenters. The fraction of sp³-hybridized carbons (Fsp3) is 0.211. The lowest BCUT2D eigenvalue weighted by Gasteiger charge is -2.11. The van der Waals surface area contributed by atoms with E-state index in [9.17, 15) is 22.8 Å². The highest BCUT2D eigenvalue weighted by Crippen LogP contribution is 2.20. The van der Waals surface area contributed by atoms with Gasteiger partial charge in [0, 0.05) is 6.42 Å². The number of sulfone groups is 1. The molecule has 0 fully saturated rings. The summed E-state index contributed by atoms with van der Waals surface area (Å²) in [4.78, 5) is 35.9. The van der Waals surface area contributed by atoms with Crippen LogP contribution in [-0.4, -0.2) is 46.2 Å². The number of carbonyl (C=O) groups is 3.